The predicted octanol–water partition coefficient (Wildman–Crippen LogP) is 7.14. The number of benzene rings is 2. The normalized spacial score (nSPS) is 11.6. The van der Waals surface area contributed by atoms with Crippen molar-refractivity contribution in [2.45, 2.75) is 22.0 Å². The van der Waals surface area contributed by atoms with E-state index in [1.807, 2.05) is 0 Å². The molecule has 6 nitrogen and oxygen atoms in total. The van der Waals surface area contributed by atoms with Crippen molar-refractivity contribution in [1.82, 2.24) is 4.37 Å². The Morgan fingerprint density at radius 1 is 0.800 bits per heavy atom. The summed E-state index contributed by atoms with van der Waals surface area (Å²) in [5.41, 5.74) is 1.52. The Balaban J connectivity index is 1.47. The quantitative estimate of drug-likeness (QED) is 0.156. The van der Waals surface area contributed by atoms with Crippen molar-refractivity contribution in [1.29, 1.82) is 5.26 Å². The van der Waals surface area contributed by atoms with E-state index >= 15 is 0 Å². The van der Waals surface area contributed by atoms with Gasteiger partial charge in [0, 0.05) is 11.4 Å². The van der Waals surface area contributed by atoms with Gasteiger partial charge in [0.1, 0.15) is 32.4 Å². The molecule has 0 spiro atoms. The van der Waals surface area contributed by atoms with Gasteiger partial charge < -0.3 is 20.1 Å². The van der Waals surface area contributed by atoms with E-state index in [-0.39, 0.29) is 11.5 Å². The summed E-state index contributed by atoms with van der Waals surface area (Å²) < 4.78 is 85.9. The summed E-state index contributed by atoms with van der Waals surface area (Å²) in [6, 6.07) is 12.6. The summed E-state index contributed by atoms with van der Waals surface area (Å²) in [7, 11) is 0. The highest BCUT2D eigenvalue weighted by atomic mass is 32.2. The van der Waals surface area contributed by atoms with Gasteiger partial charge >= 0.3 is 12.7 Å². The summed E-state index contributed by atoms with van der Waals surface area (Å²) >= 11 is 3.69. The van der Waals surface area contributed by atoms with Crippen LogP contribution in [0.15, 0.2) is 57.8 Å². The molecule has 0 atom stereocenters. The highest BCUT2D eigenvalue weighted by Crippen LogP contribution is 2.34. The Morgan fingerprint density at radius 3 is 1.69 bits per heavy atom. The second-order valence-electron chi connectivity index (χ2n) is 6.34. The van der Waals surface area contributed by atoms with Crippen molar-refractivity contribution in [2.24, 2.45) is 0 Å². The lowest BCUT2D eigenvalue weighted by Gasteiger charge is -2.10. The number of nitrogens with one attached hydrogen (secondary N) is 2. The first kappa shape index (κ1) is 26.6. The van der Waals surface area contributed by atoms with Crippen molar-refractivity contribution in [2.75, 3.05) is 22.4 Å². The maximum absolute atomic E-state index is 12.2. The van der Waals surface area contributed by atoms with E-state index in [2.05, 4.69) is 30.6 Å². The third kappa shape index (κ3) is 8.96. The summed E-state index contributed by atoms with van der Waals surface area (Å²) in [5, 5.41) is 16.0. The van der Waals surface area contributed by atoms with E-state index < -0.39 is 12.7 Å². The Kier molecular flexibility index (Phi) is 8.87. The molecular formula is C20H14F6N4O2S3. The van der Waals surface area contributed by atoms with Crippen LogP contribution in [0.2, 0.25) is 0 Å². The van der Waals surface area contributed by atoms with Crippen LogP contribution in [0.1, 0.15) is 5.56 Å². The van der Waals surface area contributed by atoms with Crippen molar-refractivity contribution < 1.29 is 35.8 Å². The number of ether oxygens (including phenoxy) is 2. The fraction of sp³-hybridized carbons (Fsp3) is 0.200. The van der Waals surface area contributed by atoms with E-state index in [0.29, 0.717) is 37.9 Å². The fourth-order valence-corrected chi connectivity index (χ4v) is 5.24. The van der Waals surface area contributed by atoms with Crippen LogP contribution in [0.3, 0.4) is 0 Å². The van der Waals surface area contributed by atoms with Gasteiger partial charge in [0.15, 0.2) is 0 Å². The topological polar surface area (TPSA) is 79.2 Å². The first-order chi connectivity index (χ1) is 16.5. The van der Waals surface area contributed by atoms with Gasteiger partial charge in [-0.05, 0) is 60.1 Å². The Bertz CT molecular complexity index is 1060. The van der Waals surface area contributed by atoms with Gasteiger partial charge in [0.25, 0.3) is 0 Å². The number of thioether (sulfide) groups is 2. The molecule has 3 aromatic rings. The van der Waals surface area contributed by atoms with Crippen LogP contribution < -0.4 is 20.1 Å². The molecule has 2 N–H and O–H groups in total. The smallest absolute Gasteiger partial charge is 0.406 e. The molecule has 0 bridgehead atoms. The molecular weight excluding hydrogens is 538 g/mol. The van der Waals surface area contributed by atoms with Crippen LogP contribution in [-0.4, -0.2) is 28.9 Å². The molecule has 0 saturated carbocycles. The molecule has 15 heteroatoms. The fourth-order valence-electron chi connectivity index (χ4n) is 2.47. The van der Waals surface area contributed by atoms with Gasteiger partial charge in [-0.15, -0.1) is 26.3 Å². The number of nitriles is 1. The summed E-state index contributed by atoms with van der Waals surface area (Å²) in [4.78, 5) is 0. The van der Waals surface area contributed by atoms with Crippen molar-refractivity contribution >= 4 is 46.4 Å². The first-order valence-electron chi connectivity index (χ1n) is 9.37. The van der Waals surface area contributed by atoms with Crippen LogP contribution in [-0.2, 0) is 0 Å². The highest BCUT2D eigenvalue weighted by molar-refractivity contribution is 8.01. The van der Waals surface area contributed by atoms with Crippen molar-refractivity contribution in [3.8, 4) is 17.6 Å². The number of alkyl halides is 6. The summed E-state index contributed by atoms with van der Waals surface area (Å²) in [5.74, 6) is -0.00825. The molecule has 1 heterocycles. The molecule has 0 aliphatic carbocycles. The second-order valence-corrected chi connectivity index (χ2v) is 9.32. The van der Waals surface area contributed by atoms with Gasteiger partial charge in [-0.1, -0.05) is 23.5 Å². The minimum absolute atomic E-state index is 0.312. The average molecular weight is 553 g/mol. The molecule has 2 aromatic carbocycles. The Hall–Kier alpha value is -2.96. The van der Waals surface area contributed by atoms with Crippen LogP contribution in [0.25, 0.3) is 0 Å². The summed E-state index contributed by atoms with van der Waals surface area (Å²) in [6.07, 6.45) is -9.52. The van der Waals surface area contributed by atoms with E-state index in [9.17, 15) is 31.6 Å². The molecule has 3 rings (SSSR count). The van der Waals surface area contributed by atoms with Crippen molar-refractivity contribution in [3.63, 3.8) is 0 Å². The van der Waals surface area contributed by atoms with Gasteiger partial charge in [0.05, 0.1) is 11.8 Å². The second kappa shape index (κ2) is 11.6. The first-order valence-corrected chi connectivity index (χ1v) is 12.1. The van der Waals surface area contributed by atoms with Crippen LogP contribution >= 0.6 is 35.1 Å². The standard InChI is InChI=1S/C20H14F6N4O2S3/c21-19(22,23)31-14-5-1-12(2-6-14)28-10-33-17-16(9-27)18(35-30-17)34-11-29-13-3-7-15(8-4-13)32-20(24,25)26/h1-8,28-29H,10-11H2. The predicted molar refractivity (Wildman–Crippen MR) is 122 cm³/mol. The van der Waals surface area contributed by atoms with E-state index in [0.717, 1.165) is 11.5 Å². The zero-order valence-corrected chi connectivity index (χ0v) is 19.7. The summed E-state index contributed by atoms with van der Waals surface area (Å²) in [6.45, 7) is 0. The number of nitrogens with zero attached hydrogens (tertiary/aromatic N) is 2. The lowest BCUT2D eigenvalue weighted by molar-refractivity contribution is -0.275. The van der Waals surface area contributed by atoms with Gasteiger partial charge in [-0.25, -0.2) is 0 Å². The number of hydrogen-bond donors (Lipinski definition) is 2. The molecule has 0 aliphatic rings. The largest absolute Gasteiger partial charge is 0.573 e. The van der Waals surface area contributed by atoms with E-state index in [4.69, 9.17) is 0 Å². The third-order valence-corrected chi connectivity index (χ3v) is 6.83. The highest BCUT2D eigenvalue weighted by Gasteiger charge is 2.31. The van der Waals surface area contributed by atoms with E-state index in [1.165, 1.54) is 72.1 Å². The molecule has 0 saturated heterocycles. The molecule has 0 aliphatic heterocycles. The van der Waals surface area contributed by atoms with E-state index in [1.54, 1.807) is 0 Å². The molecule has 0 unspecified atom stereocenters. The maximum atomic E-state index is 12.2. The monoisotopic (exact) mass is 552 g/mol. The number of aromatic nitrogens is 1. The molecule has 0 amide bonds. The Morgan fingerprint density at radius 2 is 1.26 bits per heavy atom. The number of halogens is 6. The SMILES string of the molecule is N#Cc1c(SCNc2ccc(OC(F)(F)F)cc2)nsc1SCNc1ccc(OC(F)(F)F)cc1. The molecule has 35 heavy (non-hydrogen) atoms. The minimum atomic E-state index is -4.76. The number of rotatable bonds is 10. The number of anilines is 2. The zero-order chi connectivity index (χ0) is 25.5. The van der Waals surface area contributed by atoms with Gasteiger partial charge in [-0.2, -0.15) is 9.64 Å². The minimum Gasteiger partial charge on any atom is -0.406 e. The average Bonchev–Trinajstić information content (AvgIpc) is 3.16. The lowest BCUT2D eigenvalue weighted by atomic mass is 10.3. The van der Waals surface area contributed by atoms with Crippen LogP contribution in [0.5, 0.6) is 11.5 Å². The van der Waals surface area contributed by atoms with Crippen LogP contribution in [0, 0.1) is 11.3 Å². The van der Waals surface area contributed by atoms with Crippen LogP contribution in [0.4, 0.5) is 37.7 Å². The number of hydrogen-bond acceptors (Lipinski definition) is 9. The Labute approximate surface area is 207 Å². The zero-order valence-electron chi connectivity index (χ0n) is 17.2. The van der Waals surface area contributed by atoms with Gasteiger partial charge in [0.2, 0.25) is 0 Å². The van der Waals surface area contributed by atoms with Gasteiger partial charge in [-0.3, -0.25) is 0 Å². The molecule has 186 valence electrons. The molecule has 0 radical (unpaired) electrons. The third-order valence-electron chi connectivity index (χ3n) is 3.88. The molecule has 0 fully saturated rings. The lowest BCUT2D eigenvalue weighted by Crippen LogP contribution is -2.17. The molecule has 1 aromatic heterocycles. The van der Waals surface area contributed by atoms with Crippen molar-refractivity contribution in [3.05, 3.63) is 54.1 Å². The maximum Gasteiger partial charge on any atom is 0.573 e.